The molecule has 0 radical (unpaired) electrons. The van der Waals surface area contributed by atoms with Gasteiger partial charge in [0.1, 0.15) is 0 Å². The van der Waals surface area contributed by atoms with Crippen LogP contribution in [0.5, 0.6) is 11.5 Å². The van der Waals surface area contributed by atoms with Crippen LogP contribution in [0.2, 0.25) is 0 Å². The van der Waals surface area contributed by atoms with Crippen LogP contribution >= 0.6 is 0 Å². The van der Waals surface area contributed by atoms with E-state index in [1.54, 1.807) is 21.1 Å². The first kappa shape index (κ1) is 20.7. The first-order valence-electron chi connectivity index (χ1n) is 9.86. The summed E-state index contributed by atoms with van der Waals surface area (Å²) in [6, 6.07) is 13.4. The summed E-state index contributed by atoms with van der Waals surface area (Å²) < 4.78 is 10.6. The maximum absolute atomic E-state index is 12.6. The molecular weight excluding hydrogens is 368 g/mol. The number of Topliss-reactive ketones (excluding diaryl/α,β-unsaturated/α-hetero) is 1. The molecule has 1 amide bonds. The Balaban J connectivity index is 1.50. The average Bonchev–Trinajstić information content (AvgIpc) is 2.77. The first-order valence-corrected chi connectivity index (χ1v) is 9.86. The number of benzene rings is 2. The van der Waals surface area contributed by atoms with Gasteiger partial charge >= 0.3 is 0 Å². The molecule has 2 aromatic rings. The lowest BCUT2D eigenvalue weighted by molar-refractivity contribution is -0.131. The van der Waals surface area contributed by atoms with Crippen molar-refractivity contribution in [3.05, 3.63) is 53.6 Å². The number of ether oxygens (including phenoxy) is 2. The van der Waals surface area contributed by atoms with Crippen LogP contribution in [0.15, 0.2) is 42.5 Å². The second kappa shape index (κ2) is 9.45. The van der Waals surface area contributed by atoms with E-state index < -0.39 is 0 Å². The number of rotatable bonds is 7. The second-order valence-corrected chi connectivity index (χ2v) is 7.16. The molecule has 3 rings (SSSR count). The summed E-state index contributed by atoms with van der Waals surface area (Å²) in [5.74, 6) is 1.62. The molecule has 0 atom stereocenters. The number of carbonyl (C=O) groups is 2. The number of amides is 1. The summed E-state index contributed by atoms with van der Waals surface area (Å²) in [5.41, 5.74) is 2.87. The van der Waals surface area contributed by atoms with E-state index in [2.05, 4.69) is 4.90 Å². The Morgan fingerprint density at radius 2 is 1.55 bits per heavy atom. The Hall–Kier alpha value is -3.02. The molecule has 1 aliphatic heterocycles. The lowest BCUT2D eigenvalue weighted by Gasteiger charge is -2.36. The third-order valence-corrected chi connectivity index (χ3v) is 5.35. The van der Waals surface area contributed by atoms with Gasteiger partial charge in [0, 0.05) is 43.9 Å². The van der Waals surface area contributed by atoms with E-state index in [0.717, 1.165) is 29.9 Å². The van der Waals surface area contributed by atoms with Crippen LogP contribution in [0.4, 0.5) is 5.69 Å². The zero-order valence-electron chi connectivity index (χ0n) is 17.3. The molecule has 2 aromatic carbocycles. The molecule has 29 heavy (non-hydrogen) atoms. The molecule has 1 fully saturated rings. The smallest absolute Gasteiger partial charge is 0.223 e. The maximum atomic E-state index is 12.6. The minimum Gasteiger partial charge on any atom is -0.493 e. The fraction of sp³-hybridized carbons (Fsp3) is 0.391. The molecule has 0 unspecified atom stereocenters. The number of anilines is 1. The van der Waals surface area contributed by atoms with E-state index in [4.69, 9.17) is 9.47 Å². The van der Waals surface area contributed by atoms with Gasteiger partial charge in [0.05, 0.1) is 14.2 Å². The topological polar surface area (TPSA) is 59.1 Å². The minimum absolute atomic E-state index is 0.0708. The quantitative estimate of drug-likeness (QED) is 0.673. The predicted molar refractivity (Wildman–Crippen MR) is 113 cm³/mol. The van der Waals surface area contributed by atoms with Crippen LogP contribution in [0.3, 0.4) is 0 Å². The van der Waals surface area contributed by atoms with Gasteiger partial charge < -0.3 is 19.3 Å². The van der Waals surface area contributed by atoms with Gasteiger partial charge in [-0.2, -0.15) is 0 Å². The van der Waals surface area contributed by atoms with E-state index in [9.17, 15) is 9.59 Å². The van der Waals surface area contributed by atoms with Crippen LogP contribution in [-0.4, -0.2) is 57.0 Å². The van der Waals surface area contributed by atoms with Crippen molar-refractivity contribution in [3.8, 4) is 11.5 Å². The molecule has 1 aliphatic rings. The zero-order chi connectivity index (χ0) is 20.8. The highest BCUT2D eigenvalue weighted by Crippen LogP contribution is 2.28. The molecular formula is C23H28N2O4. The Morgan fingerprint density at radius 3 is 2.14 bits per heavy atom. The van der Waals surface area contributed by atoms with Gasteiger partial charge in [0.15, 0.2) is 17.3 Å². The molecule has 0 spiro atoms. The van der Waals surface area contributed by atoms with Crippen molar-refractivity contribution in [3.63, 3.8) is 0 Å². The summed E-state index contributed by atoms with van der Waals surface area (Å²) in [6.07, 6.45) is 1.15. The first-order chi connectivity index (χ1) is 14.0. The highest BCUT2D eigenvalue weighted by Gasteiger charge is 2.21. The van der Waals surface area contributed by atoms with E-state index >= 15 is 0 Å². The van der Waals surface area contributed by atoms with E-state index in [0.29, 0.717) is 37.4 Å². The van der Waals surface area contributed by atoms with Crippen LogP contribution < -0.4 is 14.4 Å². The second-order valence-electron chi connectivity index (χ2n) is 7.16. The molecule has 6 heteroatoms. The Morgan fingerprint density at radius 1 is 0.897 bits per heavy atom. The molecule has 1 heterocycles. The van der Waals surface area contributed by atoms with Gasteiger partial charge in [-0.1, -0.05) is 6.07 Å². The summed E-state index contributed by atoms with van der Waals surface area (Å²) in [6.45, 7) is 4.57. The van der Waals surface area contributed by atoms with Crippen LogP contribution in [0.1, 0.15) is 29.3 Å². The molecule has 6 nitrogen and oxygen atoms in total. The van der Waals surface area contributed by atoms with Crippen molar-refractivity contribution in [2.24, 2.45) is 0 Å². The third-order valence-electron chi connectivity index (χ3n) is 5.35. The molecule has 1 saturated heterocycles. The Kier molecular flexibility index (Phi) is 6.75. The molecule has 0 bridgehead atoms. The van der Waals surface area contributed by atoms with Crippen molar-refractivity contribution < 1.29 is 19.1 Å². The van der Waals surface area contributed by atoms with Gasteiger partial charge in [-0.25, -0.2) is 0 Å². The maximum Gasteiger partial charge on any atom is 0.223 e. The summed E-state index contributed by atoms with van der Waals surface area (Å²) in [7, 11) is 3.22. The SMILES string of the molecule is COc1ccc(CCC(=O)N2CCN(c3ccc(C(C)=O)cc3)CC2)cc1OC. The van der Waals surface area contributed by atoms with Gasteiger partial charge in [-0.3, -0.25) is 9.59 Å². The monoisotopic (exact) mass is 396 g/mol. The van der Waals surface area contributed by atoms with Gasteiger partial charge in [-0.05, 0) is 55.3 Å². The summed E-state index contributed by atoms with van der Waals surface area (Å²) in [4.78, 5) is 28.2. The zero-order valence-corrected chi connectivity index (χ0v) is 17.3. The Bertz CT molecular complexity index is 856. The number of ketones is 1. The highest BCUT2D eigenvalue weighted by molar-refractivity contribution is 5.94. The van der Waals surface area contributed by atoms with Crippen LogP contribution in [0, 0.1) is 0 Å². The van der Waals surface area contributed by atoms with Crippen LogP contribution in [-0.2, 0) is 11.2 Å². The van der Waals surface area contributed by atoms with Crippen molar-refractivity contribution in [1.29, 1.82) is 0 Å². The van der Waals surface area contributed by atoms with Crippen molar-refractivity contribution in [1.82, 2.24) is 4.90 Å². The fourth-order valence-corrected chi connectivity index (χ4v) is 3.57. The highest BCUT2D eigenvalue weighted by atomic mass is 16.5. The predicted octanol–water partition coefficient (Wildman–Crippen LogP) is 3.19. The van der Waals surface area contributed by atoms with E-state index in [-0.39, 0.29) is 11.7 Å². The van der Waals surface area contributed by atoms with E-state index in [1.165, 1.54) is 0 Å². The standard InChI is InChI=1S/C23H28N2O4/c1-17(26)19-6-8-20(9-7-19)24-12-14-25(15-13-24)23(27)11-5-18-4-10-21(28-2)22(16-18)29-3/h4,6-10,16H,5,11-15H2,1-3H3. The number of piperazine rings is 1. The van der Waals surface area contributed by atoms with Gasteiger partial charge in [0.2, 0.25) is 5.91 Å². The number of carbonyl (C=O) groups excluding carboxylic acids is 2. The number of aryl methyl sites for hydroxylation is 1. The lowest BCUT2D eigenvalue weighted by atomic mass is 10.1. The van der Waals surface area contributed by atoms with E-state index in [1.807, 2.05) is 47.4 Å². The average molecular weight is 396 g/mol. The lowest BCUT2D eigenvalue weighted by Crippen LogP contribution is -2.48. The molecule has 0 saturated carbocycles. The number of hydrogen-bond acceptors (Lipinski definition) is 5. The molecule has 0 aromatic heterocycles. The van der Waals surface area contributed by atoms with Crippen molar-refractivity contribution >= 4 is 17.4 Å². The molecule has 154 valence electrons. The van der Waals surface area contributed by atoms with Crippen molar-refractivity contribution in [2.45, 2.75) is 19.8 Å². The number of methoxy groups -OCH3 is 2. The van der Waals surface area contributed by atoms with Crippen molar-refractivity contribution in [2.75, 3.05) is 45.3 Å². The van der Waals surface area contributed by atoms with Gasteiger partial charge in [0.25, 0.3) is 0 Å². The number of hydrogen-bond donors (Lipinski definition) is 0. The largest absolute Gasteiger partial charge is 0.493 e. The summed E-state index contributed by atoms with van der Waals surface area (Å²) in [5, 5.41) is 0. The van der Waals surface area contributed by atoms with Gasteiger partial charge in [-0.15, -0.1) is 0 Å². The van der Waals surface area contributed by atoms with Crippen LogP contribution in [0.25, 0.3) is 0 Å². The third kappa shape index (κ3) is 5.08. The minimum atomic E-state index is 0.0708. The fourth-order valence-electron chi connectivity index (χ4n) is 3.57. The Labute approximate surface area is 172 Å². The molecule has 0 N–H and O–H groups in total. The normalized spacial score (nSPS) is 13.9. The molecule has 0 aliphatic carbocycles. The summed E-state index contributed by atoms with van der Waals surface area (Å²) >= 11 is 0. The number of nitrogens with zero attached hydrogens (tertiary/aromatic N) is 2.